The number of rotatable bonds is 10. The van der Waals surface area contributed by atoms with Crippen molar-refractivity contribution >= 4 is 19.8 Å². The highest BCUT2D eigenvalue weighted by Gasteiger charge is 2.63. The van der Waals surface area contributed by atoms with Crippen molar-refractivity contribution in [3.8, 4) is 0 Å². The molecule has 15 nitrogen and oxygen atoms in total. The molecule has 1 aromatic heterocycles. The highest BCUT2D eigenvalue weighted by molar-refractivity contribution is 7.48. The number of halogens is 1. The van der Waals surface area contributed by atoms with E-state index in [-0.39, 0.29) is 0 Å². The van der Waals surface area contributed by atoms with Gasteiger partial charge in [0, 0.05) is 12.3 Å². The first-order valence-electron chi connectivity index (χ1n) is 11.6. The van der Waals surface area contributed by atoms with Crippen LogP contribution in [0.5, 0.6) is 0 Å². The molecule has 0 saturated carbocycles. The quantitative estimate of drug-likeness (QED) is 0.201. The number of hydrogen-bond donors (Lipinski definition) is 3. The van der Waals surface area contributed by atoms with E-state index >= 15 is 4.39 Å². The zero-order valence-electron chi connectivity index (χ0n) is 22.6. The first-order chi connectivity index (χ1) is 17.6. The van der Waals surface area contributed by atoms with Gasteiger partial charge in [0.15, 0.2) is 6.23 Å². The van der Waals surface area contributed by atoms with Gasteiger partial charge in [-0.25, -0.2) is 22.8 Å². The van der Waals surface area contributed by atoms with Crippen LogP contribution in [-0.2, 0) is 41.9 Å². The average Bonchev–Trinajstić information content (AvgIpc) is 2.97. The molecule has 2 rings (SSSR count). The number of hydrogen-bond acceptors (Lipinski definition) is 13. The number of aromatic nitrogens is 2. The van der Waals surface area contributed by atoms with Crippen LogP contribution in [0.2, 0.25) is 0 Å². The number of H-pyrrole nitrogens is 1. The molecule has 1 unspecified atom stereocenters. The van der Waals surface area contributed by atoms with Crippen LogP contribution in [-0.4, -0.2) is 69.5 Å². The lowest BCUT2D eigenvalue weighted by Gasteiger charge is -2.28. The molecule has 0 spiro atoms. The van der Waals surface area contributed by atoms with E-state index in [1.165, 1.54) is 41.5 Å². The Kier molecular flexibility index (Phi) is 9.71. The lowest BCUT2D eigenvalue weighted by Crippen LogP contribution is -2.50. The Morgan fingerprint density at radius 2 is 1.56 bits per heavy atom. The maximum absolute atomic E-state index is 15.7. The molecule has 1 saturated heterocycles. The van der Waals surface area contributed by atoms with Gasteiger partial charge in [-0.1, -0.05) is 0 Å². The summed E-state index contributed by atoms with van der Waals surface area (Å²) in [6.07, 6.45) is -3.35. The normalized spacial score (nSPS) is 25.9. The number of alkyl halides is 1. The SMILES string of the molecule is CC(C)(C)C(=O)OCOP(=O)(OCOC(=O)C(C)(C)C)OC[C@@]1(F)OC(n2ccc(=O)[nH]c2=O)[C@](C)(O)[C@@H]1O. The van der Waals surface area contributed by atoms with Crippen LogP contribution in [0.1, 0.15) is 54.7 Å². The number of carbonyl (C=O) groups excluding carboxylic acids is 2. The third kappa shape index (κ3) is 8.03. The predicted octanol–water partition coefficient (Wildman–Crippen LogP) is 1.09. The van der Waals surface area contributed by atoms with Crippen molar-refractivity contribution < 1.29 is 56.5 Å². The molecule has 39 heavy (non-hydrogen) atoms. The second kappa shape index (κ2) is 11.6. The molecule has 0 bridgehead atoms. The van der Waals surface area contributed by atoms with Gasteiger partial charge in [-0.05, 0) is 48.5 Å². The van der Waals surface area contributed by atoms with Crippen molar-refractivity contribution in [2.24, 2.45) is 10.8 Å². The van der Waals surface area contributed by atoms with Crippen molar-refractivity contribution in [2.75, 3.05) is 20.2 Å². The Bertz CT molecular complexity index is 1180. The van der Waals surface area contributed by atoms with Gasteiger partial charge in [0.05, 0.1) is 10.8 Å². The summed E-state index contributed by atoms with van der Waals surface area (Å²) in [5.41, 5.74) is -6.23. The molecule has 0 aliphatic carbocycles. The van der Waals surface area contributed by atoms with Crippen LogP contribution >= 0.6 is 7.82 Å². The molecular formula is C22H34FN2O13P. The van der Waals surface area contributed by atoms with Gasteiger partial charge >= 0.3 is 25.5 Å². The summed E-state index contributed by atoms with van der Waals surface area (Å²) in [5.74, 6) is -4.82. The van der Waals surface area contributed by atoms with Crippen molar-refractivity contribution in [2.45, 2.75) is 72.3 Å². The van der Waals surface area contributed by atoms with Crippen molar-refractivity contribution in [1.29, 1.82) is 0 Å². The summed E-state index contributed by atoms with van der Waals surface area (Å²) >= 11 is 0. The number of aromatic amines is 1. The first-order valence-corrected chi connectivity index (χ1v) is 13.1. The van der Waals surface area contributed by atoms with Gasteiger partial charge in [-0.3, -0.25) is 28.5 Å². The summed E-state index contributed by atoms with van der Waals surface area (Å²) in [6.45, 7) is 6.82. The monoisotopic (exact) mass is 584 g/mol. The van der Waals surface area contributed by atoms with Gasteiger partial charge in [-0.2, -0.15) is 0 Å². The van der Waals surface area contributed by atoms with Gasteiger partial charge in [0.25, 0.3) is 11.4 Å². The van der Waals surface area contributed by atoms with Gasteiger partial charge in [-0.15, -0.1) is 0 Å². The number of nitrogens with one attached hydrogen (secondary N) is 1. The van der Waals surface area contributed by atoms with Crippen molar-refractivity contribution in [1.82, 2.24) is 9.55 Å². The number of phosphoric acid groups is 1. The summed E-state index contributed by atoms with van der Waals surface area (Å²) in [4.78, 5) is 49.4. The molecule has 1 aliphatic rings. The molecule has 17 heteroatoms. The second-order valence-electron chi connectivity index (χ2n) is 11.0. The molecule has 222 valence electrons. The van der Waals surface area contributed by atoms with E-state index in [4.69, 9.17) is 27.8 Å². The highest BCUT2D eigenvalue weighted by Crippen LogP contribution is 2.53. The Morgan fingerprint density at radius 3 is 2.00 bits per heavy atom. The van der Waals surface area contributed by atoms with E-state index in [0.717, 1.165) is 19.2 Å². The summed E-state index contributed by atoms with van der Waals surface area (Å²) in [7, 11) is -4.89. The fraction of sp³-hybridized carbons (Fsp3) is 0.727. The summed E-state index contributed by atoms with van der Waals surface area (Å²) < 4.78 is 59.1. The third-order valence-corrected chi connectivity index (χ3v) is 6.61. The summed E-state index contributed by atoms with van der Waals surface area (Å²) in [6, 6.07) is 0.898. The minimum atomic E-state index is -4.89. The second-order valence-corrected chi connectivity index (χ2v) is 12.6. The summed E-state index contributed by atoms with van der Waals surface area (Å²) in [5, 5.41) is 21.2. The van der Waals surface area contributed by atoms with Crippen LogP contribution in [0.4, 0.5) is 4.39 Å². The molecule has 1 aromatic rings. The molecule has 4 atom stereocenters. The molecule has 1 fully saturated rings. The number of aliphatic hydroxyl groups excluding tert-OH is 1. The zero-order chi connectivity index (χ0) is 30.0. The van der Waals surface area contributed by atoms with Crippen LogP contribution in [0.25, 0.3) is 0 Å². The maximum atomic E-state index is 15.7. The standard InChI is InChI=1S/C22H34FN2O13P/c1-19(2,3)16(28)33-11-36-39(32,37-12-34-17(29)20(4,5)6)35-10-22(23)14(27)21(7,31)15(38-22)25-9-8-13(26)24-18(25)30/h8-9,14-15,27,31H,10-12H2,1-7H3,(H,24,26,30)/t14-,15?,21+,22+/m0/s1. The fourth-order valence-electron chi connectivity index (χ4n) is 3.00. The number of carbonyl (C=O) groups is 2. The maximum Gasteiger partial charge on any atom is 0.480 e. The lowest BCUT2D eigenvalue weighted by atomic mass is 9.95. The number of esters is 2. The van der Waals surface area contributed by atoms with Gasteiger partial charge in [0.2, 0.25) is 13.6 Å². The number of ether oxygens (including phenoxy) is 3. The molecule has 3 N–H and O–H groups in total. The third-order valence-electron chi connectivity index (χ3n) is 5.32. The van der Waals surface area contributed by atoms with E-state index in [1.54, 1.807) is 0 Å². The minimum absolute atomic E-state index is 0.621. The zero-order valence-corrected chi connectivity index (χ0v) is 23.5. The largest absolute Gasteiger partial charge is 0.480 e. The van der Waals surface area contributed by atoms with E-state index in [2.05, 4.69) is 0 Å². The van der Waals surface area contributed by atoms with Crippen molar-refractivity contribution in [3.63, 3.8) is 0 Å². The van der Waals surface area contributed by atoms with Crippen LogP contribution in [0, 0.1) is 10.8 Å². The number of aliphatic hydroxyl groups is 2. The van der Waals surface area contributed by atoms with E-state index < -0.39 is 85.8 Å². The minimum Gasteiger partial charge on any atom is -0.437 e. The molecule has 0 amide bonds. The van der Waals surface area contributed by atoms with Crippen LogP contribution in [0.3, 0.4) is 0 Å². The van der Waals surface area contributed by atoms with E-state index in [1.807, 2.05) is 4.98 Å². The molecule has 0 radical (unpaired) electrons. The Labute approximate surface area is 222 Å². The predicted molar refractivity (Wildman–Crippen MR) is 128 cm³/mol. The van der Waals surface area contributed by atoms with Crippen LogP contribution in [0.15, 0.2) is 21.9 Å². The Balaban J connectivity index is 2.22. The first kappa shape index (κ1) is 32.8. The topological polar surface area (TPSA) is 202 Å². The number of phosphoric ester groups is 1. The van der Waals surface area contributed by atoms with Crippen LogP contribution < -0.4 is 11.2 Å². The fourth-order valence-corrected chi connectivity index (χ4v) is 3.93. The Morgan fingerprint density at radius 1 is 1.08 bits per heavy atom. The Hall–Kier alpha value is -2.46. The molecule has 2 heterocycles. The molecule has 1 aliphatic heterocycles. The molecular weight excluding hydrogens is 550 g/mol. The highest BCUT2D eigenvalue weighted by atomic mass is 31.2. The average molecular weight is 584 g/mol. The van der Waals surface area contributed by atoms with Gasteiger partial charge in [0.1, 0.15) is 18.3 Å². The van der Waals surface area contributed by atoms with Crippen molar-refractivity contribution in [3.05, 3.63) is 33.1 Å². The smallest absolute Gasteiger partial charge is 0.437 e. The van der Waals surface area contributed by atoms with E-state index in [9.17, 15) is 34.0 Å². The van der Waals surface area contributed by atoms with E-state index in [0.29, 0.717) is 4.57 Å². The van der Waals surface area contributed by atoms with Gasteiger partial charge < -0.3 is 24.4 Å². The lowest BCUT2D eigenvalue weighted by molar-refractivity contribution is -0.207. The number of nitrogens with zero attached hydrogens (tertiary/aromatic N) is 1. The molecule has 0 aromatic carbocycles.